The number of hydrogen-bond acceptors (Lipinski definition) is 3. The number of nitrogens with zero attached hydrogens (tertiary/aromatic N) is 1. The number of esters is 1. The number of benzene rings is 1. The van der Waals surface area contributed by atoms with Crippen LogP contribution in [0.25, 0.3) is 0 Å². The van der Waals surface area contributed by atoms with Crippen LogP contribution in [-0.4, -0.2) is 12.1 Å². The van der Waals surface area contributed by atoms with Gasteiger partial charge in [0.05, 0.1) is 11.1 Å². The number of ether oxygens (including phenoxy) is 1. The molecule has 1 aliphatic rings. The predicted octanol–water partition coefficient (Wildman–Crippen LogP) is 4.80. The second-order valence-corrected chi connectivity index (χ2v) is 5.64. The fourth-order valence-corrected chi connectivity index (χ4v) is 2.63. The zero-order valence-electron chi connectivity index (χ0n) is 12.6. The lowest BCUT2D eigenvalue weighted by Gasteiger charge is -2.26. The molecule has 0 N–H and O–H groups in total. The molecule has 24 heavy (non-hydrogen) atoms. The van der Waals surface area contributed by atoms with Crippen molar-refractivity contribution >= 4 is 5.97 Å². The first kappa shape index (κ1) is 18.0. The molecule has 128 valence electrons. The number of carbonyl (C=O) groups is 1. The van der Waals surface area contributed by atoms with E-state index in [0.717, 1.165) is 24.3 Å². The van der Waals surface area contributed by atoms with Crippen LogP contribution in [0.15, 0.2) is 36.2 Å². The Morgan fingerprint density at radius 1 is 1.17 bits per heavy atom. The highest BCUT2D eigenvalue weighted by Gasteiger charge is 2.30. The minimum atomic E-state index is -4.45. The van der Waals surface area contributed by atoms with Gasteiger partial charge in [0.15, 0.2) is 5.83 Å². The molecular formula is C17H15F4NO2. The van der Waals surface area contributed by atoms with Gasteiger partial charge in [-0.1, -0.05) is 0 Å². The molecule has 2 rings (SSSR count). The maximum Gasteiger partial charge on any atom is 0.416 e. The van der Waals surface area contributed by atoms with Crippen molar-refractivity contribution in [1.82, 2.24) is 0 Å². The number of nitriles is 1. The molecule has 0 atom stereocenters. The molecule has 0 aliphatic heterocycles. The zero-order valence-corrected chi connectivity index (χ0v) is 12.6. The average molecular weight is 341 g/mol. The van der Waals surface area contributed by atoms with Gasteiger partial charge in [-0.3, -0.25) is 0 Å². The van der Waals surface area contributed by atoms with E-state index < -0.39 is 23.5 Å². The van der Waals surface area contributed by atoms with E-state index in [1.807, 2.05) is 0 Å². The Morgan fingerprint density at radius 2 is 1.75 bits per heavy atom. The standard InChI is InChI=1S/C17H15F4NO2/c18-14(10-22)9-11-1-7-15(8-2-11)24-16(23)12-3-5-13(6-4-12)17(19,20)21/h3-6,9,11,15H,1-2,7-8H2/b14-9-. The number of allylic oxidation sites excluding steroid dienone is 2. The predicted molar refractivity (Wildman–Crippen MR) is 77.4 cm³/mol. The van der Waals surface area contributed by atoms with Gasteiger partial charge in [-0.2, -0.15) is 22.8 Å². The summed E-state index contributed by atoms with van der Waals surface area (Å²) in [5.41, 5.74) is -0.772. The molecule has 0 amide bonds. The molecule has 0 aromatic heterocycles. The van der Waals surface area contributed by atoms with Gasteiger partial charge in [0, 0.05) is 0 Å². The van der Waals surface area contributed by atoms with Gasteiger partial charge >= 0.3 is 12.1 Å². The summed E-state index contributed by atoms with van der Waals surface area (Å²) >= 11 is 0. The minimum absolute atomic E-state index is 0.0561. The van der Waals surface area contributed by atoms with Gasteiger partial charge in [0.2, 0.25) is 0 Å². The van der Waals surface area contributed by atoms with Crippen molar-refractivity contribution in [3.05, 3.63) is 47.3 Å². The van der Waals surface area contributed by atoms with E-state index in [0.29, 0.717) is 25.7 Å². The van der Waals surface area contributed by atoms with Gasteiger partial charge in [-0.15, -0.1) is 0 Å². The second kappa shape index (κ2) is 7.47. The van der Waals surface area contributed by atoms with Crippen LogP contribution in [0.4, 0.5) is 17.6 Å². The molecule has 1 fully saturated rings. The van der Waals surface area contributed by atoms with E-state index in [1.54, 1.807) is 0 Å². The molecule has 1 aromatic carbocycles. The van der Waals surface area contributed by atoms with Crippen LogP contribution >= 0.6 is 0 Å². The fourth-order valence-electron chi connectivity index (χ4n) is 2.63. The highest BCUT2D eigenvalue weighted by molar-refractivity contribution is 5.89. The summed E-state index contributed by atoms with van der Waals surface area (Å²) < 4.78 is 55.6. The van der Waals surface area contributed by atoms with Crippen molar-refractivity contribution in [3.63, 3.8) is 0 Å². The van der Waals surface area contributed by atoms with Crippen molar-refractivity contribution < 1.29 is 27.1 Å². The minimum Gasteiger partial charge on any atom is -0.459 e. The Bertz CT molecular complexity index is 651. The molecule has 0 heterocycles. The van der Waals surface area contributed by atoms with E-state index in [9.17, 15) is 22.4 Å². The largest absolute Gasteiger partial charge is 0.459 e. The summed E-state index contributed by atoms with van der Waals surface area (Å²) in [5, 5.41) is 8.40. The number of halogens is 4. The van der Waals surface area contributed by atoms with E-state index in [4.69, 9.17) is 10.00 Å². The molecule has 1 aromatic rings. The summed E-state index contributed by atoms with van der Waals surface area (Å²) in [4.78, 5) is 12.0. The fraction of sp³-hybridized carbons (Fsp3) is 0.412. The second-order valence-electron chi connectivity index (χ2n) is 5.64. The van der Waals surface area contributed by atoms with E-state index >= 15 is 0 Å². The summed E-state index contributed by atoms with van der Waals surface area (Å²) in [6.45, 7) is 0. The van der Waals surface area contributed by atoms with E-state index in [1.165, 1.54) is 12.1 Å². The molecular weight excluding hydrogens is 326 g/mol. The van der Waals surface area contributed by atoms with Crippen molar-refractivity contribution in [1.29, 1.82) is 5.26 Å². The Labute approximate surface area is 136 Å². The Hall–Kier alpha value is -2.36. The highest BCUT2D eigenvalue weighted by Crippen LogP contribution is 2.30. The number of carbonyl (C=O) groups excluding carboxylic acids is 1. The molecule has 1 aliphatic carbocycles. The van der Waals surface area contributed by atoms with Crippen molar-refractivity contribution in [3.8, 4) is 6.07 Å². The van der Waals surface area contributed by atoms with Crippen LogP contribution in [0.3, 0.4) is 0 Å². The topological polar surface area (TPSA) is 50.1 Å². The van der Waals surface area contributed by atoms with Crippen LogP contribution in [0.1, 0.15) is 41.6 Å². The summed E-state index contributed by atoms with van der Waals surface area (Å²) in [7, 11) is 0. The lowest BCUT2D eigenvalue weighted by atomic mass is 9.87. The molecule has 0 bridgehead atoms. The van der Waals surface area contributed by atoms with Gasteiger partial charge in [-0.05, 0) is 61.9 Å². The third-order valence-electron chi connectivity index (χ3n) is 3.93. The van der Waals surface area contributed by atoms with Crippen LogP contribution in [0.5, 0.6) is 0 Å². The third-order valence-corrected chi connectivity index (χ3v) is 3.93. The molecule has 0 radical (unpaired) electrons. The quantitative estimate of drug-likeness (QED) is 0.451. The van der Waals surface area contributed by atoms with Crippen LogP contribution in [0, 0.1) is 17.2 Å². The van der Waals surface area contributed by atoms with Crippen LogP contribution in [0.2, 0.25) is 0 Å². The summed E-state index contributed by atoms with van der Waals surface area (Å²) in [6.07, 6.45) is -1.32. The first-order valence-corrected chi connectivity index (χ1v) is 7.45. The molecule has 0 unspecified atom stereocenters. The zero-order chi connectivity index (χ0) is 17.7. The number of hydrogen-bond donors (Lipinski definition) is 0. The lowest BCUT2D eigenvalue weighted by Crippen LogP contribution is -2.24. The molecule has 0 saturated heterocycles. The molecule has 0 spiro atoms. The normalized spacial score (nSPS) is 21.9. The SMILES string of the molecule is N#C/C(F)=C/C1CCC(OC(=O)c2ccc(C(F)(F)F)cc2)CC1. The Morgan fingerprint density at radius 3 is 2.25 bits per heavy atom. The molecule has 3 nitrogen and oxygen atoms in total. The van der Waals surface area contributed by atoms with Crippen molar-refractivity contribution in [2.45, 2.75) is 38.0 Å². The van der Waals surface area contributed by atoms with Crippen LogP contribution in [-0.2, 0) is 10.9 Å². The molecule has 1 saturated carbocycles. The Kier molecular flexibility index (Phi) is 5.60. The number of alkyl halides is 3. The third kappa shape index (κ3) is 4.82. The van der Waals surface area contributed by atoms with Crippen molar-refractivity contribution in [2.24, 2.45) is 5.92 Å². The first-order chi connectivity index (χ1) is 11.3. The average Bonchev–Trinajstić information content (AvgIpc) is 2.55. The van der Waals surface area contributed by atoms with E-state index in [-0.39, 0.29) is 17.6 Å². The monoisotopic (exact) mass is 341 g/mol. The lowest BCUT2D eigenvalue weighted by molar-refractivity contribution is -0.137. The van der Waals surface area contributed by atoms with Gasteiger partial charge < -0.3 is 4.74 Å². The van der Waals surface area contributed by atoms with E-state index in [2.05, 4.69) is 0 Å². The summed E-state index contributed by atoms with van der Waals surface area (Å²) in [6, 6.07) is 5.26. The first-order valence-electron chi connectivity index (χ1n) is 7.45. The molecule has 7 heteroatoms. The maximum absolute atomic E-state index is 12.9. The number of rotatable bonds is 3. The van der Waals surface area contributed by atoms with Gasteiger partial charge in [0.1, 0.15) is 12.2 Å². The van der Waals surface area contributed by atoms with Gasteiger partial charge in [0.25, 0.3) is 0 Å². The maximum atomic E-state index is 12.9. The van der Waals surface area contributed by atoms with Crippen molar-refractivity contribution in [2.75, 3.05) is 0 Å². The Balaban J connectivity index is 1.89. The van der Waals surface area contributed by atoms with Crippen LogP contribution < -0.4 is 0 Å². The smallest absolute Gasteiger partial charge is 0.416 e. The van der Waals surface area contributed by atoms with Gasteiger partial charge in [-0.25, -0.2) is 4.79 Å². The highest BCUT2D eigenvalue weighted by atomic mass is 19.4. The summed E-state index contributed by atoms with van der Waals surface area (Å²) in [5.74, 6) is -1.56.